The maximum absolute atomic E-state index is 12.5. The van der Waals surface area contributed by atoms with Crippen LogP contribution in [0.15, 0.2) is 41.8 Å². The fraction of sp³-hybridized carbons (Fsp3) is 0.450. The average molecular weight is 359 g/mol. The molecule has 4 nitrogen and oxygen atoms in total. The van der Waals surface area contributed by atoms with Crippen molar-refractivity contribution in [2.75, 3.05) is 20.2 Å². The Hall–Kier alpha value is -1.85. The van der Waals surface area contributed by atoms with Gasteiger partial charge in [0.2, 0.25) is 5.91 Å². The molecule has 3 rings (SSSR count). The lowest BCUT2D eigenvalue weighted by atomic mass is 9.90. The number of thiophene rings is 1. The van der Waals surface area contributed by atoms with E-state index in [0.29, 0.717) is 6.42 Å². The quantitative estimate of drug-likeness (QED) is 0.856. The maximum atomic E-state index is 12.5. The highest BCUT2D eigenvalue weighted by Crippen LogP contribution is 2.33. The Morgan fingerprint density at radius 1 is 1.32 bits per heavy atom. The zero-order valence-corrected chi connectivity index (χ0v) is 15.4. The van der Waals surface area contributed by atoms with Gasteiger partial charge in [-0.25, -0.2) is 0 Å². The summed E-state index contributed by atoms with van der Waals surface area (Å²) in [4.78, 5) is 15.4. The van der Waals surface area contributed by atoms with Crippen LogP contribution >= 0.6 is 11.3 Å². The summed E-state index contributed by atoms with van der Waals surface area (Å²) in [7, 11) is 1.65. The number of hydrogen-bond acceptors (Lipinski definition) is 4. The molecule has 1 aliphatic heterocycles. The van der Waals surface area contributed by atoms with E-state index in [1.807, 2.05) is 46.7 Å². The zero-order valence-electron chi connectivity index (χ0n) is 14.6. The standard InChI is InChI=1S/C20H25NO3S/c1-24-17-5-2-4-15(14-17)7-8-19(22)21-11-9-16(10-12-21)20(23)18-6-3-13-25-18/h2-6,13-14,16,20,23H,7-12H2,1H3. The van der Waals surface area contributed by atoms with Gasteiger partial charge in [0.1, 0.15) is 5.75 Å². The molecule has 0 aliphatic carbocycles. The number of hydrogen-bond donors (Lipinski definition) is 1. The van der Waals surface area contributed by atoms with Crippen LogP contribution in [0.25, 0.3) is 0 Å². The number of carbonyl (C=O) groups excluding carboxylic acids is 1. The van der Waals surface area contributed by atoms with E-state index in [4.69, 9.17) is 4.74 Å². The lowest BCUT2D eigenvalue weighted by Crippen LogP contribution is -2.39. The number of aliphatic hydroxyl groups excluding tert-OH is 1. The molecule has 2 heterocycles. The first-order chi connectivity index (χ1) is 12.2. The maximum Gasteiger partial charge on any atom is 0.222 e. The molecule has 1 amide bonds. The molecule has 1 aromatic heterocycles. The van der Waals surface area contributed by atoms with Crippen LogP contribution in [0.4, 0.5) is 0 Å². The van der Waals surface area contributed by atoms with E-state index < -0.39 is 6.10 Å². The molecule has 25 heavy (non-hydrogen) atoms. The van der Waals surface area contributed by atoms with Gasteiger partial charge in [0, 0.05) is 24.4 Å². The van der Waals surface area contributed by atoms with Crippen molar-refractivity contribution in [1.29, 1.82) is 0 Å². The summed E-state index contributed by atoms with van der Waals surface area (Å²) >= 11 is 1.60. The van der Waals surface area contributed by atoms with E-state index in [-0.39, 0.29) is 11.8 Å². The second kappa shape index (κ2) is 8.50. The molecule has 134 valence electrons. The normalized spacial score (nSPS) is 16.6. The van der Waals surface area contributed by atoms with Crippen molar-refractivity contribution >= 4 is 17.2 Å². The molecule has 2 aromatic rings. The van der Waals surface area contributed by atoms with Crippen LogP contribution < -0.4 is 4.74 Å². The van der Waals surface area contributed by atoms with Gasteiger partial charge in [0.15, 0.2) is 0 Å². The van der Waals surface area contributed by atoms with Crippen molar-refractivity contribution in [3.63, 3.8) is 0 Å². The third-order valence-corrected chi connectivity index (χ3v) is 5.88. The first kappa shape index (κ1) is 18.0. The summed E-state index contributed by atoms with van der Waals surface area (Å²) in [6, 6.07) is 11.8. The number of aryl methyl sites for hydroxylation is 1. The minimum Gasteiger partial charge on any atom is -0.497 e. The summed E-state index contributed by atoms with van der Waals surface area (Å²) in [5, 5.41) is 12.5. The molecule has 0 bridgehead atoms. The molecular weight excluding hydrogens is 334 g/mol. The fourth-order valence-corrected chi connectivity index (χ4v) is 4.20. The van der Waals surface area contributed by atoms with Crippen molar-refractivity contribution < 1.29 is 14.6 Å². The number of piperidine rings is 1. The first-order valence-corrected chi connectivity index (χ1v) is 9.67. The molecule has 1 atom stereocenters. The van der Waals surface area contributed by atoms with Crippen LogP contribution in [0.5, 0.6) is 5.75 Å². The third-order valence-electron chi connectivity index (χ3n) is 4.94. The molecule has 0 radical (unpaired) electrons. The van der Waals surface area contributed by atoms with E-state index in [9.17, 15) is 9.90 Å². The highest BCUT2D eigenvalue weighted by Gasteiger charge is 2.28. The lowest BCUT2D eigenvalue weighted by Gasteiger charge is -2.34. The highest BCUT2D eigenvalue weighted by atomic mass is 32.1. The monoisotopic (exact) mass is 359 g/mol. The number of nitrogens with zero attached hydrogens (tertiary/aromatic N) is 1. The Morgan fingerprint density at radius 3 is 2.80 bits per heavy atom. The van der Waals surface area contributed by atoms with Gasteiger partial charge in [0.25, 0.3) is 0 Å². The van der Waals surface area contributed by atoms with Crippen LogP contribution in [0.2, 0.25) is 0 Å². The summed E-state index contributed by atoms with van der Waals surface area (Å²) in [5.41, 5.74) is 1.12. The molecule has 1 N–H and O–H groups in total. The minimum atomic E-state index is -0.394. The largest absolute Gasteiger partial charge is 0.497 e. The molecule has 0 saturated carbocycles. The number of likely N-dealkylation sites (tertiary alicyclic amines) is 1. The zero-order chi connectivity index (χ0) is 17.6. The number of benzene rings is 1. The Morgan fingerprint density at radius 2 is 2.12 bits per heavy atom. The van der Waals surface area contributed by atoms with Crippen molar-refractivity contribution in [1.82, 2.24) is 4.90 Å². The van der Waals surface area contributed by atoms with E-state index in [1.54, 1.807) is 18.4 Å². The average Bonchev–Trinajstić information content (AvgIpc) is 3.20. The molecule has 1 fully saturated rings. The Balaban J connectivity index is 1.46. The number of carbonyl (C=O) groups is 1. The van der Waals surface area contributed by atoms with Crippen LogP contribution in [0.3, 0.4) is 0 Å². The van der Waals surface area contributed by atoms with Gasteiger partial charge < -0.3 is 14.7 Å². The van der Waals surface area contributed by atoms with Crippen molar-refractivity contribution in [2.45, 2.75) is 31.8 Å². The third kappa shape index (κ3) is 4.61. The lowest BCUT2D eigenvalue weighted by molar-refractivity contribution is -0.133. The molecule has 1 aromatic carbocycles. The van der Waals surface area contributed by atoms with Crippen LogP contribution in [-0.4, -0.2) is 36.1 Å². The van der Waals surface area contributed by atoms with Crippen LogP contribution in [0.1, 0.15) is 35.8 Å². The first-order valence-electron chi connectivity index (χ1n) is 8.79. The van der Waals surface area contributed by atoms with Crippen LogP contribution in [0, 0.1) is 5.92 Å². The number of ether oxygens (including phenoxy) is 1. The number of aliphatic hydroxyl groups is 1. The van der Waals surface area contributed by atoms with Gasteiger partial charge in [-0.1, -0.05) is 18.2 Å². The highest BCUT2D eigenvalue weighted by molar-refractivity contribution is 7.10. The van der Waals surface area contributed by atoms with Crippen molar-refractivity contribution in [2.24, 2.45) is 5.92 Å². The smallest absolute Gasteiger partial charge is 0.222 e. The van der Waals surface area contributed by atoms with Crippen LogP contribution in [-0.2, 0) is 11.2 Å². The van der Waals surface area contributed by atoms with E-state index >= 15 is 0 Å². The minimum absolute atomic E-state index is 0.201. The van der Waals surface area contributed by atoms with Gasteiger partial charge in [-0.3, -0.25) is 4.79 Å². The van der Waals surface area contributed by atoms with Gasteiger partial charge >= 0.3 is 0 Å². The summed E-state index contributed by atoms with van der Waals surface area (Å²) in [5.74, 6) is 1.28. The van der Waals surface area contributed by atoms with Crippen molar-refractivity contribution in [3.05, 3.63) is 52.2 Å². The Bertz CT molecular complexity index is 678. The van der Waals surface area contributed by atoms with E-state index in [2.05, 4.69) is 0 Å². The number of methoxy groups -OCH3 is 1. The van der Waals surface area contributed by atoms with Gasteiger partial charge in [-0.15, -0.1) is 11.3 Å². The molecule has 5 heteroatoms. The SMILES string of the molecule is COc1cccc(CCC(=O)N2CCC(C(O)c3cccs3)CC2)c1. The summed E-state index contributed by atoms with van der Waals surface area (Å²) < 4.78 is 5.22. The number of amides is 1. The predicted octanol–water partition coefficient (Wildman–Crippen LogP) is 3.66. The second-order valence-electron chi connectivity index (χ2n) is 6.53. The molecular formula is C20H25NO3S. The second-order valence-corrected chi connectivity index (χ2v) is 7.51. The van der Waals surface area contributed by atoms with Gasteiger partial charge in [-0.05, 0) is 54.3 Å². The molecule has 1 saturated heterocycles. The topological polar surface area (TPSA) is 49.8 Å². The Kier molecular flexibility index (Phi) is 6.10. The van der Waals surface area contributed by atoms with Gasteiger partial charge in [0.05, 0.1) is 13.2 Å². The summed E-state index contributed by atoms with van der Waals surface area (Å²) in [6.07, 6.45) is 2.58. The number of rotatable bonds is 6. The van der Waals surface area contributed by atoms with E-state index in [1.165, 1.54) is 0 Å². The molecule has 1 unspecified atom stereocenters. The fourth-order valence-electron chi connectivity index (χ4n) is 3.39. The van der Waals surface area contributed by atoms with Gasteiger partial charge in [-0.2, -0.15) is 0 Å². The van der Waals surface area contributed by atoms with E-state index in [0.717, 1.165) is 48.5 Å². The predicted molar refractivity (Wildman–Crippen MR) is 99.9 cm³/mol. The summed E-state index contributed by atoms with van der Waals surface area (Å²) in [6.45, 7) is 1.48. The Labute approximate surface area is 153 Å². The molecule has 1 aliphatic rings. The molecule has 0 spiro atoms. The van der Waals surface area contributed by atoms with Crippen molar-refractivity contribution in [3.8, 4) is 5.75 Å².